The molecule has 1 atom stereocenters. The highest BCUT2D eigenvalue weighted by Crippen LogP contribution is 2.37. The van der Waals surface area contributed by atoms with Crippen molar-refractivity contribution in [1.82, 2.24) is 4.90 Å². The van der Waals surface area contributed by atoms with Gasteiger partial charge >= 0.3 is 6.03 Å². The van der Waals surface area contributed by atoms with Gasteiger partial charge in [0.2, 0.25) is 0 Å². The highest BCUT2D eigenvalue weighted by atomic mass is 35.5. The zero-order valence-electron chi connectivity index (χ0n) is 12.0. The molecule has 3 rings (SSSR count). The van der Waals surface area contributed by atoms with Crippen LogP contribution in [0.3, 0.4) is 0 Å². The average molecular weight is 321 g/mol. The van der Waals surface area contributed by atoms with Crippen LogP contribution in [0.5, 0.6) is 0 Å². The first-order valence-corrected chi connectivity index (χ1v) is 8.27. The fourth-order valence-corrected chi connectivity index (χ4v) is 4.00. The molecule has 0 radical (unpaired) electrons. The number of rotatable bonds is 3. The number of alkyl halides is 1. The quantitative estimate of drug-likeness (QED) is 0.822. The van der Waals surface area contributed by atoms with Crippen LogP contribution in [0.15, 0.2) is 29.6 Å². The van der Waals surface area contributed by atoms with Gasteiger partial charge in [-0.1, -0.05) is 19.1 Å². The monoisotopic (exact) mass is 320 g/mol. The molecule has 1 aliphatic rings. The van der Waals surface area contributed by atoms with Crippen LogP contribution in [0.1, 0.15) is 33.9 Å². The Morgan fingerprint density at radius 2 is 2.24 bits per heavy atom. The molecule has 0 saturated carbocycles. The molecule has 0 aliphatic carbocycles. The van der Waals surface area contributed by atoms with Crippen molar-refractivity contribution in [3.8, 4) is 0 Å². The molecule has 21 heavy (non-hydrogen) atoms. The molecule has 2 heterocycles. The van der Waals surface area contributed by atoms with E-state index in [1.54, 1.807) is 23.3 Å². The van der Waals surface area contributed by atoms with Crippen LogP contribution in [0.4, 0.5) is 10.5 Å². The SMILES string of the molecule is CCc1ccsc1C(Cl)c1ccc2c(c1)CN(C)C(=O)N2. The van der Waals surface area contributed by atoms with E-state index in [1.807, 2.05) is 12.1 Å². The van der Waals surface area contributed by atoms with Crippen molar-refractivity contribution < 1.29 is 4.79 Å². The van der Waals surface area contributed by atoms with Gasteiger partial charge in [-0.3, -0.25) is 0 Å². The van der Waals surface area contributed by atoms with E-state index in [4.69, 9.17) is 11.6 Å². The highest BCUT2D eigenvalue weighted by molar-refractivity contribution is 7.10. The number of benzene rings is 1. The van der Waals surface area contributed by atoms with Crippen LogP contribution in [-0.4, -0.2) is 18.0 Å². The predicted octanol–water partition coefficient (Wildman–Crippen LogP) is 4.62. The van der Waals surface area contributed by atoms with Crippen LogP contribution in [0.25, 0.3) is 0 Å². The van der Waals surface area contributed by atoms with Crippen molar-refractivity contribution in [3.05, 3.63) is 51.2 Å². The summed E-state index contributed by atoms with van der Waals surface area (Å²) in [6.07, 6.45) is 0.992. The van der Waals surface area contributed by atoms with Crippen LogP contribution < -0.4 is 5.32 Å². The maximum Gasteiger partial charge on any atom is 0.321 e. The lowest BCUT2D eigenvalue weighted by Gasteiger charge is -2.26. The minimum absolute atomic E-state index is 0.0656. The van der Waals surface area contributed by atoms with E-state index < -0.39 is 0 Å². The third kappa shape index (κ3) is 2.65. The lowest BCUT2D eigenvalue weighted by atomic mass is 10.0. The van der Waals surface area contributed by atoms with E-state index in [2.05, 4.69) is 29.8 Å². The van der Waals surface area contributed by atoms with E-state index in [1.165, 1.54) is 10.4 Å². The summed E-state index contributed by atoms with van der Waals surface area (Å²) in [6.45, 7) is 2.76. The summed E-state index contributed by atoms with van der Waals surface area (Å²) in [6, 6.07) is 8.12. The Balaban J connectivity index is 1.94. The van der Waals surface area contributed by atoms with Crippen LogP contribution in [-0.2, 0) is 13.0 Å². The number of thiophene rings is 1. The summed E-state index contributed by atoms with van der Waals surface area (Å²) in [4.78, 5) is 14.5. The Hall–Kier alpha value is -1.52. The number of halogens is 1. The molecule has 1 N–H and O–H groups in total. The van der Waals surface area contributed by atoms with Gasteiger partial charge in [0.25, 0.3) is 0 Å². The van der Waals surface area contributed by atoms with Crippen molar-refractivity contribution in [2.75, 3.05) is 12.4 Å². The van der Waals surface area contributed by atoms with Gasteiger partial charge in [-0.25, -0.2) is 4.79 Å². The fourth-order valence-electron chi connectivity index (χ4n) is 2.58. The minimum atomic E-state index is -0.131. The number of amides is 2. The standard InChI is InChI=1S/C16H17ClN2OS/c1-3-10-6-7-21-15(10)14(17)11-4-5-13-12(8-11)9-19(2)16(20)18-13/h4-8,14H,3,9H2,1-2H3,(H,18,20). The third-order valence-electron chi connectivity index (χ3n) is 3.81. The number of carbonyl (C=O) groups is 1. The van der Waals surface area contributed by atoms with E-state index in [0.29, 0.717) is 6.54 Å². The summed E-state index contributed by atoms with van der Waals surface area (Å²) < 4.78 is 0. The zero-order chi connectivity index (χ0) is 15.0. The van der Waals surface area contributed by atoms with Gasteiger partial charge in [0.15, 0.2) is 0 Å². The van der Waals surface area contributed by atoms with Gasteiger partial charge < -0.3 is 10.2 Å². The Bertz CT molecular complexity index is 683. The number of aryl methyl sites for hydroxylation is 1. The molecular weight excluding hydrogens is 304 g/mol. The maximum atomic E-state index is 11.6. The smallest absolute Gasteiger partial charge is 0.321 e. The molecule has 0 fully saturated rings. The number of anilines is 1. The molecule has 1 unspecified atom stereocenters. The average Bonchev–Trinajstić information content (AvgIpc) is 2.95. The topological polar surface area (TPSA) is 32.3 Å². The highest BCUT2D eigenvalue weighted by Gasteiger charge is 2.22. The number of fused-ring (bicyclic) bond motifs is 1. The Kier molecular flexibility index (Phi) is 3.91. The lowest BCUT2D eigenvalue weighted by Crippen LogP contribution is -2.35. The summed E-state index contributed by atoms with van der Waals surface area (Å²) in [7, 11) is 1.79. The first kappa shape index (κ1) is 14.4. The van der Waals surface area contributed by atoms with Gasteiger partial charge in [0.1, 0.15) is 0 Å². The number of urea groups is 1. The summed E-state index contributed by atoms with van der Waals surface area (Å²) in [5.41, 5.74) is 4.38. The van der Waals surface area contributed by atoms with E-state index >= 15 is 0 Å². The van der Waals surface area contributed by atoms with Crippen LogP contribution in [0, 0.1) is 0 Å². The Labute approximate surface area is 133 Å². The van der Waals surface area contributed by atoms with Gasteiger partial charge in [0.05, 0.1) is 5.38 Å². The molecule has 0 bridgehead atoms. The first-order chi connectivity index (χ1) is 10.1. The molecule has 1 aromatic carbocycles. The van der Waals surface area contributed by atoms with E-state index in [0.717, 1.165) is 23.2 Å². The van der Waals surface area contributed by atoms with Crippen LogP contribution >= 0.6 is 22.9 Å². The number of nitrogens with one attached hydrogen (secondary N) is 1. The fraction of sp³-hybridized carbons (Fsp3) is 0.312. The number of hydrogen-bond donors (Lipinski definition) is 1. The Morgan fingerprint density at radius 1 is 1.43 bits per heavy atom. The number of hydrogen-bond acceptors (Lipinski definition) is 2. The Morgan fingerprint density at radius 3 is 3.00 bits per heavy atom. The summed E-state index contributed by atoms with van der Waals surface area (Å²) >= 11 is 8.38. The van der Waals surface area contributed by atoms with Crippen molar-refractivity contribution in [2.45, 2.75) is 25.3 Å². The molecule has 5 heteroatoms. The third-order valence-corrected chi connectivity index (χ3v) is 5.43. The molecular formula is C16H17ClN2OS. The summed E-state index contributed by atoms with van der Waals surface area (Å²) in [5, 5.41) is 4.84. The van der Waals surface area contributed by atoms with Crippen molar-refractivity contribution >= 4 is 34.7 Å². The lowest BCUT2D eigenvalue weighted by molar-refractivity contribution is 0.218. The minimum Gasteiger partial charge on any atom is -0.323 e. The van der Waals surface area contributed by atoms with Gasteiger partial charge in [-0.05, 0) is 40.6 Å². The second kappa shape index (κ2) is 5.70. The van der Waals surface area contributed by atoms with E-state index in [-0.39, 0.29) is 11.4 Å². The van der Waals surface area contributed by atoms with Crippen molar-refractivity contribution in [2.24, 2.45) is 0 Å². The number of nitrogens with zero attached hydrogens (tertiary/aromatic N) is 1. The summed E-state index contributed by atoms with van der Waals surface area (Å²) in [5.74, 6) is 0. The van der Waals surface area contributed by atoms with E-state index in [9.17, 15) is 4.79 Å². The van der Waals surface area contributed by atoms with Gasteiger partial charge in [-0.2, -0.15) is 0 Å². The molecule has 3 nitrogen and oxygen atoms in total. The predicted molar refractivity (Wildman–Crippen MR) is 88.3 cm³/mol. The molecule has 110 valence electrons. The van der Waals surface area contributed by atoms with Crippen molar-refractivity contribution in [1.29, 1.82) is 0 Å². The number of carbonyl (C=O) groups excluding carboxylic acids is 1. The molecule has 0 spiro atoms. The largest absolute Gasteiger partial charge is 0.323 e. The first-order valence-electron chi connectivity index (χ1n) is 6.95. The zero-order valence-corrected chi connectivity index (χ0v) is 13.6. The molecule has 0 saturated heterocycles. The molecule has 1 aromatic heterocycles. The van der Waals surface area contributed by atoms with Crippen LogP contribution in [0.2, 0.25) is 0 Å². The molecule has 1 aliphatic heterocycles. The molecule has 2 amide bonds. The second-order valence-corrected chi connectivity index (χ2v) is 6.61. The van der Waals surface area contributed by atoms with Gasteiger partial charge in [-0.15, -0.1) is 22.9 Å². The second-order valence-electron chi connectivity index (χ2n) is 5.23. The van der Waals surface area contributed by atoms with Gasteiger partial charge in [0, 0.05) is 24.2 Å². The van der Waals surface area contributed by atoms with Crippen molar-refractivity contribution in [3.63, 3.8) is 0 Å². The molecule has 2 aromatic rings. The maximum absolute atomic E-state index is 11.6. The normalized spacial score (nSPS) is 15.6.